The number of aromatic amines is 1. The lowest BCUT2D eigenvalue weighted by molar-refractivity contribution is -0.384. The minimum atomic E-state index is -0.742. The number of rotatable bonds is 3. The van der Waals surface area contributed by atoms with Crippen LogP contribution < -0.4 is 10.3 Å². The lowest BCUT2D eigenvalue weighted by Gasteiger charge is -2.11. The number of ketones is 1. The number of non-ortho nitro benzene ring substituents is 1. The molecule has 4 rings (SSSR count). The van der Waals surface area contributed by atoms with Crippen LogP contribution in [-0.4, -0.2) is 25.4 Å². The SMILES string of the molecule is O=C1C(=Cc2c(O)n(-c3ccc(Cl)cc3)c(=S)[nH]c2=O)Oc2cc([N+](=O)[O-])ccc21. The van der Waals surface area contributed by atoms with Gasteiger partial charge in [0.15, 0.2) is 10.5 Å². The number of nitro groups is 1. The molecular formula is C19H10ClN3O6S. The lowest BCUT2D eigenvalue weighted by atomic mass is 10.1. The number of Topliss-reactive ketones (excluding diaryl/α,β-unsaturated/α-hetero) is 1. The molecule has 0 saturated carbocycles. The van der Waals surface area contributed by atoms with E-state index in [0.29, 0.717) is 10.7 Å². The van der Waals surface area contributed by atoms with Crippen LogP contribution in [0.15, 0.2) is 53.0 Å². The molecule has 150 valence electrons. The third-order valence-corrected chi connectivity index (χ3v) is 4.88. The molecule has 11 heteroatoms. The second kappa shape index (κ2) is 7.25. The van der Waals surface area contributed by atoms with E-state index < -0.39 is 22.1 Å². The molecule has 9 nitrogen and oxygen atoms in total. The van der Waals surface area contributed by atoms with Crippen molar-refractivity contribution in [3.8, 4) is 17.3 Å². The first-order valence-corrected chi connectivity index (χ1v) is 9.12. The topological polar surface area (TPSA) is 127 Å². The number of carbonyl (C=O) groups is 1. The van der Waals surface area contributed by atoms with E-state index in [2.05, 4.69) is 4.98 Å². The highest BCUT2D eigenvalue weighted by Crippen LogP contribution is 2.35. The van der Waals surface area contributed by atoms with Gasteiger partial charge in [0.1, 0.15) is 11.3 Å². The standard InChI is InChI=1S/C19H10ClN3O6S/c20-9-1-3-10(4-2-9)22-18(26)13(17(25)21-19(22)30)8-15-16(24)12-6-5-11(23(27)28)7-14(12)29-15/h1-8,26H,(H,21,25,30). The Kier molecular flexibility index (Phi) is 4.72. The van der Waals surface area contributed by atoms with Crippen molar-refractivity contribution >= 4 is 41.4 Å². The van der Waals surface area contributed by atoms with Gasteiger partial charge in [-0.05, 0) is 42.5 Å². The molecule has 0 unspecified atom stereocenters. The maximum Gasteiger partial charge on any atom is 0.273 e. The molecule has 2 N–H and O–H groups in total. The first kappa shape index (κ1) is 19.6. The summed E-state index contributed by atoms with van der Waals surface area (Å²) in [6.45, 7) is 0. The van der Waals surface area contributed by atoms with Gasteiger partial charge in [0.25, 0.3) is 11.2 Å². The zero-order chi connectivity index (χ0) is 21.6. The zero-order valence-corrected chi connectivity index (χ0v) is 16.4. The van der Waals surface area contributed by atoms with Crippen molar-refractivity contribution in [3.05, 3.63) is 89.6 Å². The van der Waals surface area contributed by atoms with Gasteiger partial charge in [-0.15, -0.1) is 0 Å². The number of nitrogens with zero attached hydrogens (tertiary/aromatic N) is 2. The Bertz CT molecular complexity index is 1370. The van der Waals surface area contributed by atoms with Gasteiger partial charge in [-0.3, -0.25) is 29.3 Å². The monoisotopic (exact) mass is 443 g/mol. The molecule has 1 aromatic heterocycles. The summed E-state index contributed by atoms with van der Waals surface area (Å²) in [7, 11) is 0. The molecule has 0 saturated heterocycles. The quantitative estimate of drug-likeness (QED) is 0.273. The highest BCUT2D eigenvalue weighted by Gasteiger charge is 2.30. The highest BCUT2D eigenvalue weighted by molar-refractivity contribution is 7.71. The Morgan fingerprint density at radius 2 is 1.90 bits per heavy atom. The number of fused-ring (bicyclic) bond motifs is 1. The molecule has 2 heterocycles. The number of nitro benzene ring substituents is 1. The summed E-state index contributed by atoms with van der Waals surface area (Å²) in [5.41, 5.74) is -0.735. The summed E-state index contributed by atoms with van der Waals surface area (Å²) in [6, 6.07) is 9.87. The smallest absolute Gasteiger partial charge is 0.273 e. The van der Waals surface area contributed by atoms with Gasteiger partial charge in [0.2, 0.25) is 11.7 Å². The maximum absolute atomic E-state index is 12.6. The minimum absolute atomic E-state index is 0.0122. The van der Waals surface area contributed by atoms with Gasteiger partial charge in [0, 0.05) is 17.2 Å². The molecule has 3 aromatic rings. The number of halogens is 1. The van der Waals surface area contributed by atoms with Crippen LogP contribution in [0.2, 0.25) is 5.02 Å². The fourth-order valence-electron chi connectivity index (χ4n) is 2.92. The number of allylic oxidation sites excluding steroid dienone is 1. The Morgan fingerprint density at radius 3 is 2.57 bits per heavy atom. The summed E-state index contributed by atoms with van der Waals surface area (Å²) in [5, 5.41) is 22.1. The zero-order valence-electron chi connectivity index (χ0n) is 14.8. The average molecular weight is 444 g/mol. The summed E-state index contributed by atoms with van der Waals surface area (Å²) >= 11 is 11.0. The van der Waals surface area contributed by atoms with Gasteiger partial charge < -0.3 is 9.84 Å². The number of aromatic hydroxyl groups is 1. The number of hydrogen-bond donors (Lipinski definition) is 2. The predicted octanol–water partition coefficient (Wildman–Crippen LogP) is 3.78. The third-order valence-electron chi connectivity index (χ3n) is 4.35. The van der Waals surface area contributed by atoms with Crippen LogP contribution in [0.3, 0.4) is 0 Å². The fraction of sp³-hybridized carbons (Fsp3) is 0. The molecule has 1 aliphatic rings. The predicted molar refractivity (Wildman–Crippen MR) is 110 cm³/mol. The third kappa shape index (κ3) is 3.27. The summed E-state index contributed by atoms with van der Waals surface area (Å²) in [5.74, 6) is -1.39. The number of aromatic nitrogens is 2. The Morgan fingerprint density at radius 1 is 1.20 bits per heavy atom. The molecule has 0 bridgehead atoms. The van der Waals surface area contributed by atoms with E-state index in [1.807, 2.05) is 0 Å². The van der Waals surface area contributed by atoms with Crippen molar-refractivity contribution in [3.63, 3.8) is 0 Å². The second-order valence-corrected chi connectivity index (χ2v) is 7.01. The van der Waals surface area contributed by atoms with E-state index in [1.54, 1.807) is 24.3 Å². The van der Waals surface area contributed by atoms with Crippen molar-refractivity contribution in [1.82, 2.24) is 9.55 Å². The molecule has 0 spiro atoms. The van der Waals surface area contributed by atoms with Crippen LogP contribution >= 0.6 is 23.8 Å². The average Bonchev–Trinajstić information content (AvgIpc) is 3.01. The van der Waals surface area contributed by atoms with Gasteiger partial charge in [0.05, 0.1) is 22.2 Å². The molecule has 2 aromatic carbocycles. The molecular weight excluding hydrogens is 434 g/mol. The normalized spacial score (nSPS) is 13.9. The van der Waals surface area contributed by atoms with E-state index >= 15 is 0 Å². The fourth-order valence-corrected chi connectivity index (χ4v) is 3.33. The van der Waals surface area contributed by atoms with E-state index in [1.165, 1.54) is 16.7 Å². The summed E-state index contributed by atoms with van der Waals surface area (Å²) < 4.78 is 6.53. The van der Waals surface area contributed by atoms with E-state index in [-0.39, 0.29) is 33.1 Å². The molecule has 30 heavy (non-hydrogen) atoms. The first-order chi connectivity index (χ1) is 14.3. The molecule has 0 amide bonds. The van der Waals surface area contributed by atoms with Crippen molar-refractivity contribution in [2.24, 2.45) is 0 Å². The summed E-state index contributed by atoms with van der Waals surface area (Å²) in [6.07, 6.45) is 1.06. The van der Waals surface area contributed by atoms with Crippen molar-refractivity contribution < 1.29 is 19.6 Å². The van der Waals surface area contributed by atoms with Crippen LogP contribution in [-0.2, 0) is 0 Å². The molecule has 1 aliphatic heterocycles. The number of carbonyl (C=O) groups excluding carboxylic acids is 1. The molecule has 0 radical (unpaired) electrons. The Balaban J connectivity index is 1.83. The van der Waals surface area contributed by atoms with E-state index in [0.717, 1.165) is 12.1 Å². The number of benzene rings is 2. The molecule has 0 fully saturated rings. The molecule has 0 aliphatic carbocycles. The first-order valence-electron chi connectivity index (χ1n) is 8.33. The second-order valence-electron chi connectivity index (χ2n) is 6.19. The van der Waals surface area contributed by atoms with Crippen LogP contribution in [0.5, 0.6) is 11.6 Å². The number of nitrogens with one attached hydrogen (secondary N) is 1. The van der Waals surface area contributed by atoms with E-state index in [9.17, 15) is 24.8 Å². The Hall–Kier alpha value is -3.76. The highest BCUT2D eigenvalue weighted by atomic mass is 35.5. The van der Waals surface area contributed by atoms with Crippen LogP contribution in [0.25, 0.3) is 11.8 Å². The van der Waals surface area contributed by atoms with Crippen LogP contribution in [0.1, 0.15) is 15.9 Å². The summed E-state index contributed by atoms with van der Waals surface area (Å²) in [4.78, 5) is 37.7. The van der Waals surface area contributed by atoms with Gasteiger partial charge in [-0.1, -0.05) is 11.6 Å². The van der Waals surface area contributed by atoms with Crippen molar-refractivity contribution in [2.45, 2.75) is 0 Å². The lowest BCUT2D eigenvalue weighted by Crippen LogP contribution is -2.16. The van der Waals surface area contributed by atoms with Crippen LogP contribution in [0, 0.1) is 14.9 Å². The van der Waals surface area contributed by atoms with Gasteiger partial charge in [-0.25, -0.2) is 0 Å². The number of hydrogen-bond acceptors (Lipinski definition) is 7. The number of H-pyrrole nitrogens is 1. The van der Waals surface area contributed by atoms with Gasteiger partial charge in [-0.2, -0.15) is 0 Å². The van der Waals surface area contributed by atoms with E-state index in [4.69, 9.17) is 28.6 Å². The number of ether oxygens (including phenoxy) is 1. The van der Waals surface area contributed by atoms with Crippen molar-refractivity contribution in [2.75, 3.05) is 0 Å². The van der Waals surface area contributed by atoms with Crippen molar-refractivity contribution in [1.29, 1.82) is 0 Å². The minimum Gasteiger partial charge on any atom is -0.494 e. The van der Waals surface area contributed by atoms with Gasteiger partial charge >= 0.3 is 0 Å². The maximum atomic E-state index is 12.6. The largest absolute Gasteiger partial charge is 0.494 e. The van der Waals surface area contributed by atoms with Crippen LogP contribution in [0.4, 0.5) is 5.69 Å². The Labute approximate surface area is 177 Å². The molecule has 0 atom stereocenters.